The summed E-state index contributed by atoms with van der Waals surface area (Å²) in [7, 11) is -2.14. The minimum absolute atomic E-state index is 0.0558. The summed E-state index contributed by atoms with van der Waals surface area (Å²) in [5, 5.41) is 1.32. The number of nitrogens with two attached hydrogens (primary N) is 1. The summed E-state index contributed by atoms with van der Waals surface area (Å²) < 4.78 is 76.4. The van der Waals surface area contributed by atoms with Gasteiger partial charge >= 0.3 is 0 Å². The lowest BCUT2D eigenvalue weighted by atomic mass is 9.90. The van der Waals surface area contributed by atoms with Crippen molar-refractivity contribution in [1.29, 1.82) is 0 Å². The maximum Gasteiger partial charge on any atom is 0.179 e. The van der Waals surface area contributed by atoms with Gasteiger partial charge in [0.2, 0.25) is 0 Å². The van der Waals surface area contributed by atoms with E-state index in [4.69, 9.17) is 15.2 Å². The quantitative estimate of drug-likeness (QED) is 0.633. The topological polar surface area (TPSA) is 78.6 Å². The second kappa shape index (κ2) is 7.17. The highest BCUT2D eigenvalue weighted by atomic mass is 32.2. The van der Waals surface area contributed by atoms with Crippen LogP contribution in [0.3, 0.4) is 0 Å². The van der Waals surface area contributed by atoms with Crippen molar-refractivity contribution in [1.82, 2.24) is 0 Å². The number of fused-ring (bicyclic) bond motifs is 3. The molecule has 9 heteroatoms. The highest BCUT2D eigenvalue weighted by Crippen LogP contribution is 2.41. The monoisotopic (exact) mass is 437 g/mol. The normalized spacial score (nSPS) is 18.7. The van der Waals surface area contributed by atoms with E-state index in [2.05, 4.69) is 0 Å². The molecule has 0 saturated heterocycles. The second-order valence-electron chi connectivity index (χ2n) is 7.23. The first-order valence-electron chi connectivity index (χ1n) is 9.00. The third-order valence-electron chi connectivity index (χ3n) is 5.20. The van der Waals surface area contributed by atoms with Crippen LogP contribution in [-0.4, -0.2) is 27.8 Å². The Morgan fingerprint density at radius 2 is 1.77 bits per heavy atom. The molecule has 0 aliphatic carbocycles. The van der Waals surface area contributed by atoms with Gasteiger partial charge in [-0.15, -0.1) is 0 Å². The summed E-state index contributed by atoms with van der Waals surface area (Å²) >= 11 is 0. The van der Waals surface area contributed by atoms with Crippen molar-refractivity contribution in [2.45, 2.75) is 23.5 Å². The van der Waals surface area contributed by atoms with Gasteiger partial charge in [-0.25, -0.2) is 21.6 Å². The molecule has 1 aliphatic heterocycles. The zero-order chi connectivity index (χ0) is 21.8. The minimum atomic E-state index is -3.52. The van der Waals surface area contributed by atoms with Gasteiger partial charge in [0.25, 0.3) is 0 Å². The van der Waals surface area contributed by atoms with Crippen LogP contribution in [0.2, 0.25) is 0 Å². The lowest BCUT2D eigenvalue weighted by Gasteiger charge is -2.32. The molecule has 158 valence electrons. The Morgan fingerprint density at radius 3 is 2.43 bits per heavy atom. The zero-order valence-electron chi connectivity index (χ0n) is 16.1. The molecule has 0 fully saturated rings. The van der Waals surface area contributed by atoms with Gasteiger partial charge in [0.1, 0.15) is 28.3 Å². The van der Waals surface area contributed by atoms with Crippen LogP contribution >= 0.6 is 0 Å². The largest absolute Gasteiger partial charge is 0.495 e. The Labute approximate surface area is 171 Å². The van der Waals surface area contributed by atoms with E-state index in [1.165, 1.54) is 13.2 Å². The third kappa shape index (κ3) is 3.37. The molecular weight excluding hydrogens is 419 g/mol. The lowest BCUT2D eigenvalue weighted by molar-refractivity contribution is 0.149. The minimum Gasteiger partial charge on any atom is -0.495 e. The Balaban J connectivity index is 1.84. The number of sulfone groups is 1. The highest BCUT2D eigenvalue weighted by molar-refractivity contribution is 7.90. The fraction of sp³-hybridized carbons (Fsp3) is 0.238. The van der Waals surface area contributed by atoms with Crippen LogP contribution in [0.4, 0.5) is 13.2 Å². The summed E-state index contributed by atoms with van der Waals surface area (Å²) in [6.07, 6.45) is 0.328. The molecule has 30 heavy (non-hydrogen) atoms. The Kier molecular flexibility index (Phi) is 4.90. The van der Waals surface area contributed by atoms with Crippen molar-refractivity contribution in [3.05, 3.63) is 65.0 Å². The molecule has 3 aromatic rings. The summed E-state index contributed by atoms with van der Waals surface area (Å²) in [6.45, 7) is 0. The Morgan fingerprint density at radius 1 is 1.07 bits per heavy atom. The summed E-state index contributed by atoms with van der Waals surface area (Å²) in [5.41, 5.74) is 6.73. The number of halogens is 3. The van der Waals surface area contributed by atoms with Crippen molar-refractivity contribution in [2.24, 2.45) is 5.73 Å². The molecule has 1 heterocycles. The predicted octanol–water partition coefficient (Wildman–Crippen LogP) is 3.67. The molecule has 0 spiro atoms. The summed E-state index contributed by atoms with van der Waals surface area (Å²) in [5.74, 6) is -2.85. The molecule has 0 bridgehead atoms. The van der Waals surface area contributed by atoms with Gasteiger partial charge in [0.05, 0.1) is 13.2 Å². The van der Waals surface area contributed by atoms with E-state index in [1.54, 1.807) is 18.2 Å². The number of hydrogen-bond acceptors (Lipinski definition) is 5. The fourth-order valence-corrected chi connectivity index (χ4v) is 4.61. The van der Waals surface area contributed by atoms with Gasteiger partial charge in [-0.1, -0.05) is 6.07 Å². The number of benzene rings is 3. The first-order valence-corrected chi connectivity index (χ1v) is 10.9. The number of methoxy groups -OCH3 is 1. The predicted molar refractivity (Wildman–Crippen MR) is 105 cm³/mol. The van der Waals surface area contributed by atoms with Gasteiger partial charge in [0, 0.05) is 23.4 Å². The number of ether oxygens (including phenoxy) is 2. The maximum atomic E-state index is 14.3. The first kappa shape index (κ1) is 20.5. The van der Waals surface area contributed by atoms with Crippen molar-refractivity contribution in [2.75, 3.05) is 13.4 Å². The first-order chi connectivity index (χ1) is 14.1. The standard InChI is InChI=1S/C21H18F3NO4S/c1-28-19-8-11-10(5-20(19)30(2,26)27)3-4-18-12(11)7-17(25)21(29-18)13-6-15(23)16(24)9-14(13)22/h3-6,8-9,17,21H,7,25H2,1-2H3. The second-order valence-corrected chi connectivity index (χ2v) is 9.22. The molecule has 1 aliphatic rings. The molecule has 3 aromatic carbocycles. The molecule has 2 atom stereocenters. The van der Waals surface area contributed by atoms with Crippen LogP contribution in [0.25, 0.3) is 10.8 Å². The molecule has 0 amide bonds. The van der Waals surface area contributed by atoms with Gasteiger partial charge in [-0.05, 0) is 41.5 Å². The molecule has 0 aromatic heterocycles. The number of rotatable bonds is 3. The highest BCUT2D eigenvalue weighted by Gasteiger charge is 2.33. The molecule has 2 unspecified atom stereocenters. The van der Waals surface area contributed by atoms with E-state index in [-0.39, 0.29) is 22.6 Å². The van der Waals surface area contributed by atoms with Crippen molar-refractivity contribution < 1.29 is 31.1 Å². The van der Waals surface area contributed by atoms with E-state index in [0.29, 0.717) is 28.2 Å². The van der Waals surface area contributed by atoms with Crippen LogP contribution in [0.1, 0.15) is 17.2 Å². The molecular formula is C21H18F3NO4S. The Hall–Kier alpha value is -2.78. The Bertz CT molecular complexity index is 1280. The zero-order valence-corrected chi connectivity index (χ0v) is 16.9. The molecule has 2 N–H and O–H groups in total. The third-order valence-corrected chi connectivity index (χ3v) is 6.32. The van der Waals surface area contributed by atoms with Crippen molar-refractivity contribution >= 4 is 20.6 Å². The summed E-state index contributed by atoms with van der Waals surface area (Å²) in [4.78, 5) is 0.0558. The van der Waals surface area contributed by atoms with Crippen LogP contribution in [-0.2, 0) is 16.3 Å². The molecule has 0 saturated carbocycles. The van der Waals surface area contributed by atoms with Crippen LogP contribution in [0, 0.1) is 17.5 Å². The van der Waals surface area contributed by atoms with Gasteiger partial charge in [0.15, 0.2) is 21.5 Å². The van der Waals surface area contributed by atoms with Gasteiger partial charge in [-0.2, -0.15) is 0 Å². The van der Waals surface area contributed by atoms with Gasteiger partial charge in [-0.3, -0.25) is 0 Å². The average molecular weight is 437 g/mol. The van der Waals surface area contributed by atoms with E-state index in [0.717, 1.165) is 12.3 Å². The van der Waals surface area contributed by atoms with Crippen molar-refractivity contribution in [3.63, 3.8) is 0 Å². The van der Waals surface area contributed by atoms with Crippen LogP contribution < -0.4 is 15.2 Å². The molecule has 0 radical (unpaired) electrons. The van der Waals surface area contributed by atoms with E-state index < -0.39 is 39.4 Å². The molecule has 5 nitrogen and oxygen atoms in total. The maximum absolute atomic E-state index is 14.3. The van der Waals surface area contributed by atoms with E-state index in [9.17, 15) is 21.6 Å². The number of hydrogen-bond donors (Lipinski definition) is 1. The summed E-state index contributed by atoms with van der Waals surface area (Å²) in [6, 6.07) is 6.86. The van der Waals surface area contributed by atoms with Gasteiger partial charge < -0.3 is 15.2 Å². The van der Waals surface area contributed by atoms with E-state index in [1.807, 2.05) is 0 Å². The van der Waals surface area contributed by atoms with Crippen molar-refractivity contribution in [3.8, 4) is 11.5 Å². The SMILES string of the molecule is COc1cc2c3c(ccc2cc1S(C)(=O)=O)OC(c1cc(F)c(F)cc1F)C(N)C3. The average Bonchev–Trinajstić information content (AvgIpc) is 2.68. The van der Waals surface area contributed by atoms with E-state index >= 15 is 0 Å². The lowest BCUT2D eigenvalue weighted by Crippen LogP contribution is -2.38. The fourth-order valence-electron chi connectivity index (χ4n) is 3.76. The van der Waals surface area contributed by atoms with Crippen LogP contribution in [0.15, 0.2) is 41.3 Å². The smallest absolute Gasteiger partial charge is 0.179 e. The van der Waals surface area contributed by atoms with Crippen LogP contribution in [0.5, 0.6) is 11.5 Å². The molecule has 4 rings (SSSR count).